The molecule has 2 heterocycles. The van der Waals surface area contributed by atoms with E-state index < -0.39 is 0 Å². The molecule has 1 aliphatic heterocycles. The highest BCUT2D eigenvalue weighted by Gasteiger charge is 2.22. The number of ether oxygens (including phenoxy) is 4. The first-order valence-corrected chi connectivity index (χ1v) is 11.9. The lowest BCUT2D eigenvalue weighted by molar-refractivity contribution is -0.113. The average Bonchev–Trinajstić information content (AvgIpc) is 3.53. The maximum atomic E-state index is 12.7. The van der Waals surface area contributed by atoms with Crippen LogP contribution in [0.4, 0.5) is 5.69 Å². The van der Waals surface area contributed by atoms with Crippen LogP contribution in [0.15, 0.2) is 47.6 Å². The number of amides is 1. The SMILES string of the molecule is COc1ccc(-c2nnc(SCC(=O)Nc3cc(OC)ccc3OC)n2CC2CCCO2)cc1. The third-order valence-electron chi connectivity index (χ3n) is 5.49. The summed E-state index contributed by atoms with van der Waals surface area (Å²) in [5, 5.41) is 12.4. The van der Waals surface area contributed by atoms with Crippen molar-refractivity contribution in [2.24, 2.45) is 0 Å². The van der Waals surface area contributed by atoms with Gasteiger partial charge in [0, 0.05) is 18.2 Å². The van der Waals surface area contributed by atoms with Crippen molar-refractivity contribution < 1.29 is 23.7 Å². The van der Waals surface area contributed by atoms with Gasteiger partial charge in [-0.2, -0.15) is 0 Å². The van der Waals surface area contributed by atoms with Gasteiger partial charge in [-0.05, 0) is 49.2 Å². The second-order valence-corrected chi connectivity index (χ2v) is 8.63. The van der Waals surface area contributed by atoms with Crippen molar-refractivity contribution >= 4 is 23.4 Å². The normalized spacial score (nSPS) is 15.2. The van der Waals surface area contributed by atoms with Crippen molar-refractivity contribution in [2.75, 3.05) is 39.0 Å². The second-order valence-electron chi connectivity index (χ2n) is 7.68. The highest BCUT2D eigenvalue weighted by Crippen LogP contribution is 2.30. The summed E-state index contributed by atoms with van der Waals surface area (Å²) in [7, 11) is 4.76. The molecule has 1 atom stereocenters. The molecule has 1 saturated heterocycles. The van der Waals surface area contributed by atoms with E-state index in [2.05, 4.69) is 15.5 Å². The fraction of sp³-hybridized carbons (Fsp3) is 0.375. The van der Waals surface area contributed by atoms with Crippen LogP contribution < -0.4 is 19.5 Å². The van der Waals surface area contributed by atoms with Crippen molar-refractivity contribution in [1.29, 1.82) is 0 Å². The minimum Gasteiger partial charge on any atom is -0.497 e. The van der Waals surface area contributed by atoms with Crippen molar-refractivity contribution in [3.63, 3.8) is 0 Å². The number of thioether (sulfide) groups is 1. The van der Waals surface area contributed by atoms with Crippen LogP contribution in [0.3, 0.4) is 0 Å². The van der Waals surface area contributed by atoms with Gasteiger partial charge in [-0.1, -0.05) is 11.8 Å². The molecule has 0 bridgehead atoms. The number of anilines is 1. The molecule has 1 amide bonds. The van der Waals surface area contributed by atoms with E-state index in [0.717, 1.165) is 36.6 Å². The molecule has 4 rings (SSSR count). The van der Waals surface area contributed by atoms with Crippen LogP contribution in [0.5, 0.6) is 17.2 Å². The van der Waals surface area contributed by atoms with Crippen LogP contribution in [0.1, 0.15) is 12.8 Å². The highest BCUT2D eigenvalue weighted by atomic mass is 32.2. The minimum absolute atomic E-state index is 0.0993. The molecular formula is C24H28N4O5S. The van der Waals surface area contributed by atoms with E-state index >= 15 is 0 Å². The topological polar surface area (TPSA) is 96.7 Å². The average molecular weight is 485 g/mol. The Labute approximate surface area is 202 Å². The van der Waals surface area contributed by atoms with E-state index in [0.29, 0.717) is 28.9 Å². The van der Waals surface area contributed by atoms with Crippen molar-refractivity contribution in [3.05, 3.63) is 42.5 Å². The number of carbonyl (C=O) groups is 1. The monoisotopic (exact) mass is 484 g/mol. The van der Waals surface area contributed by atoms with Crippen molar-refractivity contribution in [1.82, 2.24) is 14.8 Å². The highest BCUT2D eigenvalue weighted by molar-refractivity contribution is 7.99. The summed E-state index contributed by atoms with van der Waals surface area (Å²) in [6, 6.07) is 12.9. The van der Waals surface area contributed by atoms with Gasteiger partial charge >= 0.3 is 0 Å². The number of nitrogens with zero attached hydrogens (tertiary/aromatic N) is 3. The van der Waals surface area contributed by atoms with Gasteiger partial charge < -0.3 is 24.3 Å². The summed E-state index contributed by atoms with van der Waals surface area (Å²) in [5.41, 5.74) is 1.47. The molecule has 1 N–H and O–H groups in total. The molecule has 34 heavy (non-hydrogen) atoms. The van der Waals surface area contributed by atoms with E-state index in [4.69, 9.17) is 18.9 Å². The van der Waals surface area contributed by atoms with Crippen molar-refractivity contribution in [3.8, 4) is 28.6 Å². The molecule has 10 heteroatoms. The van der Waals surface area contributed by atoms with Crippen LogP contribution >= 0.6 is 11.8 Å². The van der Waals surface area contributed by atoms with Crippen LogP contribution in [-0.2, 0) is 16.1 Å². The molecule has 0 aliphatic carbocycles. The Morgan fingerprint density at radius 1 is 1.09 bits per heavy atom. The van der Waals surface area contributed by atoms with Crippen LogP contribution in [0.2, 0.25) is 0 Å². The van der Waals surface area contributed by atoms with Crippen LogP contribution in [0, 0.1) is 0 Å². The number of nitrogens with one attached hydrogen (secondary N) is 1. The zero-order valence-electron chi connectivity index (χ0n) is 19.4. The van der Waals surface area contributed by atoms with Gasteiger partial charge in [-0.25, -0.2) is 0 Å². The first kappa shape index (κ1) is 23.9. The van der Waals surface area contributed by atoms with Crippen molar-refractivity contribution in [2.45, 2.75) is 30.6 Å². The first-order valence-electron chi connectivity index (χ1n) is 10.9. The van der Waals surface area contributed by atoms with E-state index in [1.807, 2.05) is 28.8 Å². The quantitative estimate of drug-likeness (QED) is 0.433. The molecule has 0 radical (unpaired) electrons. The summed E-state index contributed by atoms with van der Waals surface area (Å²) in [4.78, 5) is 12.7. The lowest BCUT2D eigenvalue weighted by Gasteiger charge is -2.15. The third-order valence-corrected chi connectivity index (χ3v) is 6.46. The Kier molecular flexibility index (Phi) is 7.91. The van der Waals surface area contributed by atoms with Crippen LogP contribution in [-0.4, -0.2) is 60.5 Å². The standard InChI is InChI=1S/C24H28N4O5S/c1-30-17-8-6-16(7-9-17)23-26-27-24(28(23)14-19-5-4-12-33-19)34-15-22(29)25-20-13-18(31-2)10-11-21(20)32-3/h6-11,13,19H,4-5,12,14-15H2,1-3H3,(H,25,29). The summed E-state index contributed by atoms with van der Waals surface area (Å²) < 4.78 is 23.7. The number of rotatable bonds is 10. The maximum absolute atomic E-state index is 12.7. The maximum Gasteiger partial charge on any atom is 0.234 e. The predicted molar refractivity (Wildman–Crippen MR) is 130 cm³/mol. The number of benzene rings is 2. The summed E-state index contributed by atoms with van der Waals surface area (Å²) in [6.07, 6.45) is 2.13. The fourth-order valence-corrected chi connectivity index (χ4v) is 4.48. The van der Waals surface area contributed by atoms with Gasteiger partial charge in [0.1, 0.15) is 17.2 Å². The lowest BCUT2D eigenvalue weighted by atomic mass is 10.2. The van der Waals surface area contributed by atoms with E-state index in [1.54, 1.807) is 39.5 Å². The number of carbonyl (C=O) groups excluding carboxylic acids is 1. The minimum atomic E-state index is -0.186. The predicted octanol–water partition coefficient (Wildman–Crippen LogP) is 3.88. The number of hydrogen-bond donors (Lipinski definition) is 1. The van der Waals surface area contributed by atoms with Gasteiger partial charge in [0.05, 0.1) is 45.4 Å². The molecule has 9 nitrogen and oxygen atoms in total. The molecule has 0 spiro atoms. The summed E-state index contributed by atoms with van der Waals surface area (Å²) >= 11 is 1.33. The Hall–Kier alpha value is -3.24. The van der Waals surface area contributed by atoms with Gasteiger partial charge in [0.25, 0.3) is 0 Å². The molecule has 1 aliphatic rings. The van der Waals surface area contributed by atoms with Gasteiger partial charge in [0.15, 0.2) is 11.0 Å². The Balaban J connectivity index is 1.50. The zero-order chi connectivity index (χ0) is 23.9. The van der Waals surface area contributed by atoms with Gasteiger partial charge in [0.2, 0.25) is 5.91 Å². The number of methoxy groups -OCH3 is 3. The second kappa shape index (κ2) is 11.3. The molecule has 1 fully saturated rings. The number of aromatic nitrogens is 3. The smallest absolute Gasteiger partial charge is 0.234 e. The Morgan fingerprint density at radius 3 is 2.53 bits per heavy atom. The summed E-state index contributed by atoms with van der Waals surface area (Å²) in [5.74, 6) is 2.66. The third kappa shape index (κ3) is 5.63. The van der Waals surface area contributed by atoms with E-state index in [9.17, 15) is 4.79 Å². The Bertz CT molecular complexity index is 1110. The molecule has 1 aromatic heterocycles. The molecule has 0 saturated carbocycles. The first-order chi connectivity index (χ1) is 16.6. The van der Waals surface area contributed by atoms with Gasteiger partial charge in [-0.15, -0.1) is 10.2 Å². The summed E-state index contributed by atoms with van der Waals surface area (Å²) in [6.45, 7) is 1.39. The van der Waals surface area contributed by atoms with Gasteiger partial charge in [-0.3, -0.25) is 9.36 Å². The molecule has 3 aromatic rings. The lowest BCUT2D eigenvalue weighted by Crippen LogP contribution is -2.18. The fourth-order valence-electron chi connectivity index (χ4n) is 3.73. The van der Waals surface area contributed by atoms with E-state index in [1.165, 1.54) is 11.8 Å². The molecule has 1 unspecified atom stereocenters. The Morgan fingerprint density at radius 2 is 1.85 bits per heavy atom. The molecular weight excluding hydrogens is 456 g/mol. The largest absolute Gasteiger partial charge is 0.497 e. The zero-order valence-corrected chi connectivity index (χ0v) is 20.3. The molecule has 180 valence electrons. The number of hydrogen-bond acceptors (Lipinski definition) is 8. The van der Waals surface area contributed by atoms with E-state index in [-0.39, 0.29) is 17.8 Å². The molecule has 2 aromatic carbocycles. The van der Waals surface area contributed by atoms with Crippen LogP contribution in [0.25, 0.3) is 11.4 Å².